The molecule has 0 spiro atoms. The van der Waals surface area contributed by atoms with E-state index < -0.39 is 17.7 Å². The van der Waals surface area contributed by atoms with Gasteiger partial charge in [0, 0.05) is 11.6 Å². The Morgan fingerprint density at radius 3 is 2.32 bits per heavy atom. The van der Waals surface area contributed by atoms with E-state index in [0.29, 0.717) is 6.42 Å². The predicted octanol–water partition coefficient (Wildman–Crippen LogP) is 3.82. The number of hydrogen-bond acceptors (Lipinski definition) is 1. The van der Waals surface area contributed by atoms with Crippen LogP contribution in [0.25, 0.3) is 0 Å². The van der Waals surface area contributed by atoms with Crippen LogP contribution in [0.15, 0.2) is 36.4 Å². The summed E-state index contributed by atoms with van der Waals surface area (Å²) < 4.78 is 26.8. The maximum atomic E-state index is 13.7. The van der Waals surface area contributed by atoms with Gasteiger partial charge in [-0.3, -0.25) is 0 Å². The van der Waals surface area contributed by atoms with E-state index in [1.165, 1.54) is 12.1 Å². The first-order chi connectivity index (χ1) is 8.97. The molecule has 0 saturated carbocycles. The third-order valence-corrected chi connectivity index (χ3v) is 3.12. The molecule has 0 bridgehead atoms. The molecule has 1 unspecified atom stereocenters. The van der Waals surface area contributed by atoms with Gasteiger partial charge in [-0.05, 0) is 31.9 Å². The first-order valence-corrected chi connectivity index (χ1v) is 6.24. The summed E-state index contributed by atoms with van der Waals surface area (Å²) >= 11 is 0. The van der Waals surface area contributed by atoms with Gasteiger partial charge >= 0.3 is 0 Å². The van der Waals surface area contributed by atoms with E-state index in [-0.39, 0.29) is 5.56 Å². The van der Waals surface area contributed by atoms with Gasteiger partial charge in [0.05, 0.1) is 0 Å². The third kappa shape index (κ3) is 3.18. The molecule has 0 aliphatic rings. The van der Waals surface area contributed by atoms with Crippen LogP contribution in [0.4, 0.5) is 8.78 Å². The molecule has 2 aromatic carbocycles. The minimum absolute atomic E-state index is 0.221. The van der Waals surface area contributed by atoms with Crippen LogP contribution in [-0.2, 0) is 6.42 Å². The zero-order chi connectivity index (χ0) is 14.0. The number of benzene rings is 2. The zero-order valence-electron chi connectivity index (χ0n) is 11.1. The monoisotopic (exact) mass is 261 g/mol. The highest BCUT2D eigenvalue weighted by Gasteiger charge is 2.15. The Labute approximate surface area is 112 Å². The smallest absolute Gasteiger partial charge is 0.163 e. The van der Waals surface area contributed by atoms with Crippen LogP contribution in [0, 0.1) is 25.5 Å². The maximum absolute atomic E-state index is 13.7. The summed E-state index contributed by atoms with van der Waals surface area (Å²) in [7, 11) is 0. The van der Waals surface area contributed by atoms with Crippen molar-refractivity contribution in [3.63, 3.8) is 0 Å². The molecule has 0 fully saturated rings. The highest BCUT2D eigenvalue weighted by Crippen LogP contribution is 2.22. The van der Waals surface area contributed by atoms with Crippen molar-refractivity contribution >= 4 is 0 Å². The highest BCUT2D eigenvalue weighted by atomic mass is 19.2. The van der Waals surface area contributed by atoms with Gasteiger partial charge in [0.15, 0.2) is 11.6 Å². The minimum atomic E-state index is -0.853. The van der Waals surface area contributed by atoms with E-state index in [4.69, 9.17) is 5.73 Å². The van der Waals surface area contributed by atoms with Gasteiger partial charge in [0.25, 0.3) is 0 Å². The topological polar surface area (TPSA) is 26.0 Å². The number of nitrogens with two attached hydrogens (primary N) is 1. The van der Waals surface area contributed by atoms with E-state index in [2.05, 4.69) is 6.07 Å². The van der Waals surface area contributed by atoms with E-state index in [9.17, 15) is 8.78 Å². The summed E-state index contributed by atoms with van der Waals surface area (Å²) in [5.74, 6) is -1.70. The fraction of sp³-hybridized carbons (Fsp3) is 0.250. The van der Waals surface area contributed by atoms with Crippen LogP contribution in [0.5, 0.6) is 0 Å². The van der Waals surface area contributed by atoms with Crippen LogP contribution in [0.3, 0.4) is 0 Å². The molecule has 0 amide bonds. The molecule has 2 aromatic rings. The van der Waals surface area contributed by atoms with Gasteiger partial charge < -0.3 is 5.73 Å². The minimum Gasteiger partial charge on any atom is -0.324 e. The number of aryl methyl sites for hydroxylation is 2. The first-order valence-electron chi connectivity index (χ1n) is 6.24. The van der Waals surface area contributed by atoms with Gasteiger partial charge in [-0.1, -0.05) is 41.5 Å². The Hall–Kier alpha value is -1.74. The van der Waals surface area contributed by atoms with Gasteiger partial charge in [-0.25, -0.2) is 8.78 Å². The molecule has 1 nitrogen and oxygen atoms in total. The molecule has 19 heavy (non-hydrogen) atoms. The van der Waals surface area contributed by atoms with Crippen LogP contribution < -0.4 is 5.73 Å². The van der Waals surface area contributed by atoms with E-state index in [1.807, 2.05) is 26.0 Å². The quantitative estimate of drug-likeness (QED) is 0.893. The highest BCUT2D eigenvalue weighted by molar-refractivity contribution is 5.31. The molecule has 0 saturated heterocycles. The lowest BCUT2D eigenvalue weighted by atomic mass is 9.97. The second kappa shape index (κ2) is 5.49. The van der Waals surface area contributed by atoms with Crippen LogP contribution in [-0.4, -0.2) is 0 Å². The zero-order valence-corrected chi connectivity index (χ0v) is 11.1. The third-order valence-electron chi connectivity index (χ3n) is 3.12. The van der Waals surface area contributed by atoms with Crippen molar-refractivity contribution in [3.8, 4) is 0 Å². The van der Waals surface area contributed by atoms with Crippen molar-refractivity contribution in [2.75, 3.05) is 0 Å². The summed E-state index contributed by atoms with van der Waals surface area (Å²) in [6.45, 7) is 4.01. The van der Waals surface area contributed by atoms with Crippen LogP contribution in [0.2, 0.25) is 0 Å². The van der Waals surface area contributed by atoms with Crippen molar-refractivity contribution < 1.29 is 8.78 Å². The molecule has 0 aromatic heterocycles. The van der Waals surface area contributed by atoms with Crippen LogP contribution >= 0.6 is 0 Å². The lowest BCUT2D eigenvalue weighted by Gasteiger charge is -2.14. The molecule has 3 heteroatoms. The van der Waals surface area contributed by atoms with Crippen molar-refractivity contribution in [2.45, 2.75) is 26.3 Å². The standard InChI is InChI=1S/C16H17F2N/c1-10-6-11(2)8-12(7-10)9-15(19)13-4-3-5-14(17)16(13)18/h3-8,15H,9,19H2,1-2H3. The van der Waals surface area contributed by atoms with E-state index in [1.54, 1.807) is 0 Å². The summed E-state index contributed by atoms with van der Waals surface area (Å²) in [4.78, 5) is 0. The molecule has 100 valence electrons. The Kier molecular flexibility index (Phi) is 3.96. The molecule has 2 N–H and O–H groups in total. The lowest BCUT2D eigenvalue weighted by molar-refractivity contribution is 0.488. The molecule has 0 radical (unpaired) electrons. The van der Waals surface area contributed by atoms with Crippen molar-refractivity contribution in [1.82, 2.24) is 0 Å². The Morgan fingerprint density at radius 2 is 1.68 bits per heavy atom. The number of halogens is 2. The van der Waals surface area contributed by atoms with Crippen molar-refractivity contribution in [3.05, 3.63) is 70.3 Å². The molecular formula is C16H17F2N. The Balaban J connectivity index is 2.25. The SMILES string of the molecule is Cc1cc(C)cc(CC(N)c2cccc(F)c2F)c1. The summed E-state index contributed by atoms with van der Waals surface area (Å²) in [5.41, 5.74) is 9.53. The molecule has 1 atom stereocenters. The van der Waals surface area contributed by atoms with Crippen LogP contribution in [0.1, 0.15) is 28.3 Å². The fourth-order valence-electron chi connectivity index (χ4n) is 2.36. The normalized spacial score (nSPS) is 12.5. The lowest BCUT2D eigenvalue weighted by Crippen LogP contribution is -2.15. The first kappa shape index (κ1) is 13.7. The average molecular weight is 261 g/mol. The summed E-state index contributed by atoms with van der Waals surface area (Å²) in [5, 5.41) is 0. The second-order valence-corrected chi connectivity index (χ2v) is 4.95. The predicted molar refractivity (Wildman–Crippen MR) is 72.9 cm³/mol. The van der Waals surface area contributed by atoms with Crippen molar-refractivity contribution in [2.24, 2.45) is 5.73 Å². The second-order valence-electron chi connectivity index (χ2n) is 4.95. The molecule has 2 rings (SSSR count). The number of rotatable bonds is 3. The Morgan fingerprint density at radius 1 is 1.05 bits per heavy atom. The average Bonchev–Trinajstić information content (AvgIpc) is 2.31. The summed E-state index contributed by atoms with van der Waals surface area (Å²) in [6.07, 6.45) is 0.489. The molecule has 0 heterocycles. The summed E-state index contributed by atoms with van der Waals surface area (Å²) in [6, 6.07) is 9.67. The molecule has 0 aliphatic heterocycles. The maximum Gasteiger partial charge on any atom is 0.163 e. The number of hydrogen-bond donors (Lipinski definition) is 1. The van der Waals surface area contributed by atoms with Gasteiger partial charge in [-0.2, -0.15) is 0 Å². The Bertz CT molecular complexity index is 573. The largest absolute Gasteiger partial charge is 0.324 e. The van der Waals surface area contributed by atoms with E-state index in [0.717, 1.165) is 22.8 Å². The van der Waals surface area contributed by atoms with Gasteiger partial charge in [0.1, 0.15) is 0 Å². The fourth-order valence-corrected chi connectivity index (χ4v) is 2.36. The van der Waals surface area contributed by atoms with Gasteiger partial charge in [-0.15, -0.1) is 0 Å². The molecular weight excluding hydrogens is 244 g/mol. The van der Waals surface area contributed by atoms with Crippen molar-refractivity contribution in [1.29, 1.82) is 0 Å². The molecule has 0 aliphatic carbocycles. The van der Waals surface area contributed by atoms with E-state index >= 15 is 0 Å². The van der Waals surface area contributed by atoms with Gasteiger partial charge in [0.2, 0.25) is 0 Å².